The van der Waals surface area contributed by atoms with Crippen molar-refractivity contribution < 1.29 is 9.13 Å². The molecular formula is C18H28FNO. The van der Waals surface area contributed by atoms with Crippen molar-refractivity contribution in [2.45, 2.75) is 58.5 Å². The molecule has 3 heteroatoms. The quantitative estimate of drug-likeness (QED) is 0.849. The molecule has 118 valence electrons. The van der Waals surface area contributed by atoms with E-state index in [9.17, 15) is 4.39 Å². The third kappa shape index (κ3) is 4.19. The molecule has 1 aromatic carbocycles. The standard InChI is InChI=1S/C18H28FNO/c1-12(2)14-5-8-16(9-6-14)20-13(3)17-11-15(19)7-10-18(17)21-4/h7,10-14,16,20H,5-6,8-9H2,1-4H3. The highest BCUT2D eigenvalue weighted by Gasteiger charge is 2.25. The molecule has 0 spiro atoms. The number of hydrogen-bond acceptors (Lipinski definition) is 2. The predicted octanol–water partition coefficient (Wildman–Crippen LogP) is 4.70. The minimum absolute atomic E-state index is 0.108. The van der Waals surface area contributed by atoms with Gasteiger partial charge in [-0.05, 0) is 62.6 Å². The van der Waals surface area contributed by atoms with Crippen molar-refractivity contribution in [2.24, 2.45) is 11.8 Å². The Hall–Kier alpha value is -1.09. The van der Waals surface area contributed by atoms with Gasteiger partial charge in [0.25, 0.3) is 0 Å². The second-order valence-electron chi connectivity index (χ2n) is 6.63. The summed E-state index contributed by atoms with van der Waals surface area (Å²) >= 11 is 0. The maximum atomic E-state index is 13.5. The van der Waals surface area contributed by atoms with Gasteiger partial charge in [-0.25, -0.2) is 4.39 Å². The third-order valence-electron chi connectivity index (χ3n) is 4.86. The van der Waals surface area contributed by atoms with E-state index >= 15 is 0 Å². The Morgan fingerprint density at radius 2 is 1.81 bits per heavy atom. The van der Waals surface area contributed by atoms with Crippen LogP contribution in [0.1, 0.15) is 58.1 Å². The van der Waals surface area contributed by atoms with Crippen LogP contribution in [0.3, 0.4) is 0 Å². The lowest BCUT2D eigenvalue weighted by atomic mass is 9.79. The van der Waals surface area contributed by atoms with Crippen LogP contribution in [0.2, 0.25) is 0 Å². The van der Waals surface area contributed by atoms with Gasteiger partial charge in [-0.15, -0.1) is 0 Å². The van der Waals surface area contributed by atoms with Gasteiger partial charge in [0.1, 0.15) is 11.6 Å². The van der Waals surface area contributed by atoms with Gasteiger partial charge in [-0.2, -0.15) is 0 Å². The average molecular weight is 293 g/mol. The van der Waals surface area contributed by atoms with Gasteiger partial charge in [0, 0.05) is 17.6 Å². The van der Waals surface area contributed by atoms with E-state index in [0.29, 0.717) is 6.04 Å². The Balaban J connectivity index is 1.96. The highest BCUT2D eigenvalue weighted by Crippen LogP contribution is 2.32. The van der Waals surface area contributed by atoms with E-state index in [0.717, 1.165) is 23.1 Å². The molecule has 1 atom stereocenters. The topological polar surface area (TPSA) is 21.3 Å². The molecule has 1 unspecified atom stereocenters. The van der Waals surface area contributed by atoms with Crippen LogP contribution in [0.5, 0.6) is 5.75 Å². The fourth-order valence-electron chi connectivity index (χ4n) is 3.44. The number of hydrogen-bond donors (Lipinski definition) is 1. The molecule has 1 N–H and O–H groups in total. The van der Waals surface area contributed by atoms with Gasteiger partial charge < -0.3 is 10.1 Å². The number of methoxy groups -OCH3 is 1. The number of nitrogens with one attached hydrogen (secondary N) is 1. The zero-order chi connectivity index (χ0) is 15.4. The van der Waals surface area contributed by atoms with Crippen LogP contribution in [0.15, 0.2) is 18.2 Å². The summed E-state index contributed by atoms with van der Waals surface area (Å²) in [6, 6.07) is 5.37. The number of halogens is 1. The Kier molecular flexibility index (Phi) is 5.63. The fourth-order valence-corrected chi connectivity index (χ4v) is 3.44. The molecule has 0 saturated heterocycles. The van der Waals surface area contributed by atoms with Crippen LogP contribution < -0.4 is 10.1 Å². The molecule has 0 bridgehead atoms. The zero-order valence-electron chi connectivity index (χ0n) is 13.7. The van der Waals surface area contributed by atoms with E-state index < -0.39 is 0 Å². The molecule has 21 heavy (non-hydrogen) atoms. The molecule has 2 nitrogen and oxygen atoms in total. The Morgan fingerprint density at radius 1 is 1.14 bits per heavy atom. The molecular weight excluding hydrogens is 265 g/mol. The summed E-state index contributed by atoms with van der Waals surface area (Å²) in [7, 11) is 1.64. The van der Waals surface area contributed by atoms with Gasteiger partial charge in [0.15, 0.2) is 0 Å². The van der Waals surface area contributed by atoms with Crippen molar-refractivity contribution in [3.05, 3.63) is 29.6 Å². The van der Waals surface area contributed by atoms with E-state index in [1.54, 1.807) is 19.2 Å². The number of rotatable bonds is 5. The molecule has 0 heterocycles. The van der Waals surface area contributed by atoms with Crippen molar-refractivity contribution >= 4 is 0 Å². The number of ether oxygens (including phenoxy) is 1. The summed E-state index contributed by atoms with van der Waals surface area (Å²) in [6.45, 7) is 6.73. The second kappa shape index (κ2) is 7.26. The molecule has 1 aliphatic carbocycles. The lowest BCUT2D eigenvalue weighted by Crippen LogP contribution is -2.36. The van der Waals surface area contributed by atoms with Gasteiger partial charge in [0.2, 0.25) is 0 Å². The summed E-state index contributed by atoms with van der Waals surface area (Å²) in [6.07, 6.45) is 5.01. The summed E-state index contributed by atoms with van der Waals surface area (Å²) in [5.41, 5.74) is 0.906. The lowest BCUT2D eigenvalue weighted by Gasteiger charge is -2.33. The van der Waals surface area contributed by atoms with Crippen molar-refractivity contribution in [3.63, 3.8) is 0 Å². The van der Waals surface area contributed by atoms with Crippen molar-refractivity contribution in [2.75, 3.05) is 7.11 Å². The van der Waals surface area contributed by atoms with Gasteiger partial charge >= 0.3 is 0 Å². The highest BCUT2D eigenvalue weighted by atomic mass is 19.1. The van der Waals surface area contributed by atoms with Crippen molar-refractivity contribution in [1.29, 1.82) is 0 Å². The monoisotopic (exact) mass is 293 g/mol. The van der Waals surface area contributed by atoms with E-state index in [4.69, 9.17) is 4.74 Å². The van der Waals surface area contributed by atoms with Crippen LogP contribution in [0.25, 0.3) is 0 Å². The van der Waals surface area contributed by atoms with Crippen LogP contribution in [-0.2, 0) is 0 Å². The first-order chi connectivity index (χ1) is 10.0. The first-order valence-electron chi connectivity index (χ1n) is 8.10. The zero-order valence-corrected chi connectivity index (χ0v) is 13.7. The Bertz CT molecular complexity index is 453. The molecule has 1 aliphatic rings. The van der Waals surface area contributed by atoms with E-state index in [-0.39, 0.29) is 11.9 Å². The molecule has 1 saturated carbocycles. The molecule has 0 aromatic heterocycles. The Morgan fingerprint density at radius 3 is 2.38 bits per heavy atom. The third-order valence-corrected chi connectivity index (χ3v) is 4.86. The maximum absolute atomic E-state index is 13.5. The summed E-state index contributed by atoms with van der Waals surface area (Å²) in [5, 5.41) is 3.65. The van der Waals surface area contributed by atoms with Gasteiger partial charge in [0.05, 0.1) is 7.11 Å². The van der Waals surface area contributed by atoms with Crippen LogP contribution in [-0.4, -0.2) is 13.2 Å². The minimum atomic E-state index is -0.206. The summed E-state index contributed by atoms with van der Waals surface area (Å²) < 4.78 is 18.8. The van der Waals surface area contributed by atoms with Crippen molar-refractivity contribution in [3.8, 4) is 5.75 Å². The predicted molar refractivity (Wildman–Crippen MR) is 85.1 cm³/mol. The van der Waals surface area contributed by atoms with Crippen LogP contribution in [0, 0.1) is 17.7 Å². The average Bonchev–Trinajstić information content (AvgIpc) is 2.47. The van der Waals surface area contributed by atoms with E-state index in [1.807, 2.05) is 0 Å². The molecule has 0 aliphatic heterocycles. The van der Waals surface area contributed by atoms with Gasteiger partial charge in [-0.3, -0.25) is 0 Å². The van der Waals surface area contributed by atoms with E-state index in [2.05, 4.69) is 26.1 Å². The Labute approximate surface area is 128 Å². The normalized spacial score (nSPS) is 24.1. The maximum Gasteiger partial charge on any atom is 0.123 e. The second-order valence-corrected chi connectivity index (χ2v) is 6.63. The summed E-state index contributed by atoms with van der Waals surface area (Å²) in [4.78, 5) is 0. The molecule has 0 radical (unpaired) electrons. The molecule has 0 amide bonds. The minimum Gasteiger partial charge on any atom is -0.496 e. The molecule has 1 fully saturated rings. The highest BCUT2D eigenvalue weighted by molar-refractivity contribution is 5.36. The van der Waals surface area contributed by atoms with E-state index in [1.165, 1.54) is 31.7 Å². The van der Waals surface area contributed by atoms with Gasteiger partial charge in [-0.1, -0.05) is 13.8 Å². The largest absolute Gasteiger partial charge is 0.496 e. The number of benzene rings is 1. The lowest BCUT2D eigenvalue weighted by molar-refractivity contribution is 0.230. The SMILES string of the molecule is COc1ccc(F)cc1C(C)NC1CCC(C(C)C)CC1. The van der Waals surface area contributed by atoms with Crippen LogP contribution >= 0.6 is 0 Å². The summed E-state index contributed by atoms with van der Waals surface area (Å²) in [5.74, 6) is 2.20. The first-order valence-corrected chi connectivity index (χ1v) is 8.10. The molecule has 1 aromatic rings. The molecule has 2 rings (SSSR count). The first kappa shape index (κ1) is 16.3. The fraction of sp³-hybridized carbons (Fsp3) is 0.667. The van der Waals surface area contributed by atoms with Crippen molar-refractivity contribution in [1.82, 2.24) is 5.32 Å². The smallest absolute Gasteiger partial charge is 0.123 e. The van der Waals surface area contributed by atoms with Crippen LogP contribution in [0.4, 0.5) is 4.39 Å².